The van der Waals surface area contributed by atoms with Gasteiger partial charge in [0.2, 0.25) is 0 Å². The topological polar surface area (TPSA) is 93.4 Å². The molecule has 2 aromatic carbocycles. The Balaban J connectivity index is 1.81. The fraction of sp³-hybridized carbons (Fsp3) is 0.261. The summed E-state index contributed by atoms with van der Waals surface area (Å²) in [7, 11) is 0. The number of hydrogen-bond acceptors (Lipinski definition) is 5. The number of halogens is 3. The minimum Gasteiger partial charge on any atom is -0.394 e. The molecule has 2 N–H and O–H groups in total. The summed E-state index contributed by atoms with van der Waals surface area (Å²) in [5.74, 6) is -2.14. The van der Waals surface area contributed by atoms with Crippen molar-refractivity contribution in [2.75, 3.05) is 19.8 Å². The normalized spacial score (nSPS) is 16.5. The number of ether oxygens (including phenoxy) is 1. The second kappa shape index (κ2) is 9.78. The molecule has 0 radical (unpaired) electrons. The van der Waals surface area contributed by atoms with Crippen molar-refractivity contribution in [3.05, 3.63) is 81.1 Å². The Labute approximate surface area is 192 Å². The maximum absolute atomic E-state index is 14.1. The van der Waals surface area contributed by atoms with Crippen LogP contribution in [-0.4, -0.2) is 46.7 Å². The van der Waals surface area contributed by atoms with Crippen LogP contribution in [0.1, 0.15) is 16.8 Å². The summed E-state index contributed by atoms with van der Waals surface area (Å²) >= 11 is 5.76. The SMILES string of the molecule is O=C(NC(CO)[C@@H]1CCOC1)c1cc(-c2ccc(Cl)c(F)c2)nn(-c2cccc(F)c2)c1=O. The van der Waals surface area contributed by atoms with Crippen LogP contribution in [0.5, 0.6) is 0 Å². The Hall–Kier alpha value is -3.14. The minimum atomic E-state index is -0.796. The fourth-order valence-corrected chi connectivity index (χ4v) is 3.78. The van der Waals surface area contributed by atoms with Gasteiger partial charge in [-0.3, -0.25) is 9.59 Å². The Bertz CT molecular complexity index is 1240. The summed E-state index contributed by atoms with van der Waals surface area (Å²) in [4.78, 5) is 26.2. The molecule has 1 saturated heterocycles. The van der Waals surface area contributed by atoms with Crippen molar-refractivity contribution in [1.29, 1.82) is 0 Å². The number of aliphatic hydroxyl groups excluding tert-OH is 1. The van der Waals surface area contributed by atoms with Crippen molar-refractivity contribution < 1.29 is 23.4 Å². The summed E-state index contributed by atoms with van der Waals surface area (Å²) in [6, 6.07) is 9.70. The highest BCUT2D eigenvalue weighted by Gasteiger charge is 2.28. The van der Waals surface area contributed by atoms with Gasteiger partial charge in [0.05, 0.1) is 35.7 Å². The predicted octanol–water partition coefficient (Wildman–Crippen LogP) is 2.96. The van der Waals surface area contributed by atoms with Crippen molar-refractivity contribution in [3.8, 4) is 16.9 Å². The molecule has 1 aromatic heterocycles. The van der Waals surface area contributed by atoms with Crippen LogP contribution in [0.2, 0.25) is 5.02 Å². The van der Waals surface area contributed by atoms with Crippen LogP contribution < -0.4 is 10.9 Å². The molecule has 7 nitrogen and oxygen atoms in total. The number of carbonyl (C=O) groups excluding carboxylic acids is 1. The summed E-state index contributed by atoms with van der Waals surface area (Å²) in [6.07, 6.45) is 0.657. The molecule has 1 aliphatic rings. The van der Waals surface area contributed by atoms with E-state index in [1.54, 1.807) is 0 Å². The number of aliphatic hydroxyl groups is 1. The first-order valence-electron chi connectivity index (χ1n) is 10.2. The lowest BCUT2D eigenvalue weighted by atomic mass is 9.99. The van der Waals surface area contributed by atoms with E-state index < -0.39 is 29.1 Å². The molecular formula is C23H20ClF2N3O4. The number of hydrogen-bond donors (Lipinski definition) is 2. The van der Waals surface area contributed by atoms with E-state index in [-0.39, 0.29) is 40.1 Å². The van der Waals surface area contributed by atoms with Gasteiger partial charge < -0.3 is 15.2 Å². The number of rotatable bonds is 6. The number of amides is 1. The van der Waals surface area contributed by atoms with E-state index in [9.17, 15) is 23.5 Å². The van der Waals surface area contributed by atoms with Gasteiger partial charge in [0.1, 0.15) is 17.2 Å². The Morgan fingerprint density at radius 2 is 2.09 bits per heavy atom. The van der Waals surface area contributed by atoms with E-state index in [4.69, 9.17) is 16.3 Å². The van der Waals surface area contributed by atoms with E-state index in [1.165, 1.54) is 36.4 Å². The van der Waals surface area contributed by atoms with Crippen molar-refractivity contribution in [2.45, 2.75) is 12.5 Å². The fourth-order valence-electron chi connectivity index (χ4n) is 3.67. The van der Waals surface area contributed by atoms with Crippen molar-refractivity contribution in [3.63, 3.8) is 0 Å². The predicted molar refractivity (Wildman–Crippen MR) is 117 cm³/mol. The van der Waals surface area contributed by atoms with Crippen molar-refractivity contribution >= 4 is 17.5 Å². The van der Waals surface area contributed by atoms with Crippen LogP contribution in [0.25, 0.3) is 16.9 Å². The van der Waals surface area contributed by atoms with Gasteiger partial charge in [-0.15, -0.1) is 0 Å². The molecule has 0 aliphatic carbocycles. The zero-order chi connectivity index (χ0) is 23.5. The zero-order valence-electron chi connectivity index (χ0n) is 17.3. The standard InChI is InChI=1S/C23H20ClF2N3O4/c24-18-5-4-13(8-19(18)26)20-10-17(22(31)27-21(11-30)14-6-7-33-12-14)23(32)29(28-20)16-3-1-2-15(25)9-16/h1-5,8-10,14,21,30H,6-7,11-12H2,(H,27,31)/t14-,21?/m1/s1. The van der Waals surface area contributed by atoms with Gasteiger partial charge in [-0.25, -0.2) is 8.78 Å². The third kappa shape index (κ3) is 4.95. The molecule has 1 amide bonds. The van der Waals surface area contributed by atoms with E-state index in [0.717, 1.165) is 16.8 Å². The first-order chi connectivity index (χ1) is 15.9. The van der Waals surface area contributed by atoms with Gasteiger partial charge >= 0.3 is 0 Å². The molecule has 2 heterocycles. The first-order valence-corrected chi connectivity index (χ1v) is 10.6. The summed E-state index contributed by atoms with van der Waals surface area (Å²) < 4.78 is 34.1. The van der Waals surface area contributed by atoms with E-state index in [2.05, 4.69) is 10.4 Å². The second-order valence-electron chi connectivity index (χ2n) is 7.66. The van der Waals surface area contributed by atoms with Crippen LogP contribution in [0, 0.1) is 17.6 Å². The monoisotopic (exact) mass is 475 g/mol. The number of benzene rings is 2. The Morgan fingerprint density at radius 3 is 2.76 bits per heavy atom. The van der Waals surface area contributed by atoms with Crippen LogP contribution in [-0.2, 0) is 4.74 Å². The molecule has 0 saturated carbocycles. The molecule has 1 aliphatic heterocycles. The van der Waals surface area contributed by atoms with Crippen LogP contribution in [0.4, 0.5) is 8.78 Å². The molecule has 3 aromatic rings. The van der Waals surface area contributed by atoms with Crippen molar-refractivity contribution in [2.24, 2.45) is 5.92 Å². The summed E-state index contributed by atoms with van der Waals surface area (Å²) in [6.45, 7) is 0.563. The Morgan fingerprint density at radius 1 is 1.27 bits per heavy atom. The molecule has 0 spiro atoms. The smallest absolute Gasteiger partial charge is 0.284 e. The minimum absolute atomic E-state index is 0.0910. The van der Waals surface area contributed by atoms with Crippen LogP contribution in [0.3, 0.4) is 0 Å². The molecular weight excluding hydrogens is 456 g/mol. The highest BCUT2D eigenvalue weighted by molar-refractivity contribution is 6.30. The molecule has 4 rings (SSSR count). The maximum atomic E-state index is 14.1. The largest absolute Gasteiger partial charge is 0.394 e. The number of nitrogens with zero attached hydrogens (tertiary/aromatic N) is 2. The second-order valence-corrected chi connectivity index (χ2v) is 8.06. The van der Waals surface area contributed by atoms with Crippen molar-refractivity contribution in [1.82, 2.24) is 15.1 Å². The molecule has 2 atom stereocenters. The van der Waals surface area contributed by atoms with E-state index in [1.807, 2.05) is 0 Å². The molecule has 1 unspecified atom stereocenters. The molecule has 33 heavy (non-hydrogen) atoms. The zero-order valence-corrected chi connectivity index (χ0v) is 18.1. The van der Waals surface area contributed by atoms with Gasteiger partial charge in [-0.1, -0.05) is 23.7 Å². The quantitative estimate of drug-likeness (QED) is 0.572. The molecule has 0 bridgehead atoms. The summed E-state index contributed by atoms with van der Waals surface area (Å²) in [5, 5.41) is 16.5. The van der Waals surface area contributed by atoms with Gasteiger partial charge in [0.15, 0.2) is 0 Å². The van der Waals surface area contributed by atoms with Gasteiger partial charge in [-0.2, -0.15) is 9.78 Å². The van der Waals surface area contributed by atoms with Crippen LogP contribution in [0.15, 0.2) is 53.3 Å². The lowest BCUT2D eigenvalue weighted by Gasteiger charge is -2.21. The lowest BCUT2D eigenvalue weighted by molar-refractivity contribution is 0.0875. The van der Waals surface area contributed by atoms with Crippen LogP contribution >= 0.6 is 11.6 Å². The first kappa shape index (κ1) is 23.0. The van der Waals surface area contributed by atoms with Gasteiger partial charge in [-0.05, 0) is 42.8 Å². The molecule has 1 fully saturated rings. The highest BCUT2D eigenvalue weighted by atomic mass is 35.5. The summed E-state index contributed by atoms with van der Waals surface area (Å²) in [5.41, 5.74) is -0.635. The average Bonchev–Trinajstić information content (AvgIpc) is 3.34. The van der Waals surface area contributed by atoms with Gasteiger partial charge in [0.25, 0.3) is 11.5 Å². The van der Waals surface area contributed by atoms with Gasteiger partial charge in [0, 0.05) is 18.1 Å². The lowest BCUT2D eigenvalue weighted by Crippen LogP contribution is -2.45. The molecule has 10 heteroatoms. The third-order valence-electron chi connectivity index (χ3n) is 5.47. The average molecular weight is 476 g/mol. The highest BCUT2D eigenvalue weighted by Crippen LogP contribution is 2.24. The molecule has 172 valence electrons. The third-order valence-corrected chi connectivity index (χ3v) is 5.78. The maximum Gasteiger partial charge on any atom is 0.284 e. The number of nitrogens with one attached hydrogen (secondary N) is 1. The van der Waals surface area contributed by atoms with E-state index >= 15 is 0 Å². The number of carbonyl (C=O) groups is 1. The number of aromatic nitrogens is 2. The van der Waals surface area contributed by atoms with E-state index in [0.29, 0.717) is 19.6 Å². The Kier molecular flexibility index (Phi) is 6.83.